The summed E-state index contributed by atoms with van der Waals surface area (Å²) in [5, 5.41) is 11.8. The average molecular weight is 234 g/mol. The maximum Gasteiger partial charge on any atom is 0.149 e. The van der Waals surface area contributed by atoms with Gasteiger partial charge in [-0.15, -0.1) is 6.58 Å². The van der Waals surface area contributed by atoms with Gasteiger partial charge in [-0.2, -0.15) is 17.0 Å². The molecule has 0 saturated carbocycles. The van der Waals surface area contributed by atoms with Gasteiger partial charge < -0.3 is 11.1 Å². The highest BCUT2D eigenvalue weighted by Gasteiger charge is 2.01. The Morgan fingerprint density at radius 1 is 1.69 bits per heavy atom. The molecule has 0 radical (unpaired) electrons. The van der Waals surface area contributed by atoms with Crippen LogP contribution in [-0.2, 0) is 0 Å². The number of thioether (sulfide) groups is 1. The Labute approximate surface area is 99.6 Å². The molecule has 0 saturated heterocycles. The Kier molecular flexibility index (Phi) is 5.23. The van der Waals surface area contributed by atoms with E-state index in [4.69, 9.17) is 11.0 Å². The molecular weight excluding hydrogens is 220 g/mol. The number of nitrogens with one attached hydrogen (secondary N) is 1. The molecule has 0 aromatic carbocycles. The second-order valence-electron chi connectivity index (χ2n) is 3.06. The maximum atomic E-state index is 8.65. The van der Waals surface area contributed by atoms with E-state index >= 15 is 0 Å². The normalized spacial score (nSPS) is 9.44. The summed E-state index contributed by atoms with van der Waals surface area (Å²) in [6.45, 7) is 4.44. The number of hydrogen-bond donors (Lipinski definition) is 2. The van der Waals surface area contributed by atoms with E-state index < -0.39 is 0 Å². The molecule has 0 unspecified atom stereocenters. The fourth-order valence-corrected chi connectivity index (χ4v) is 1.68. The van der Waals surface area contributed by atoms with Gasteiger partial charge in [-0.3, -0.25) is 0 Å². The predicted octanol–water partition coefficient (Wildman–Crippen LogP) is 1.87. The highest BCUT2D eigenvalue weighted by atomic mass is 32.2. The van der Waals surface area contributed by atoms with Crippen LogP contribution in [0.15, 0.2) is 24.9 Å². The molecule has 0 bridgehead atoms. The zero-order chi connectivity index (χ0) is 11.8. The van der Waals surface area contributed by atoms with Crippen molar-refractivity contribution in [3.8, 4) is 6.07 Å². The Balaban J connectivity index is 2.43. The van der Waals surface area contributed by atoms with E-state index in [2.05, 4.69) is 16.9 Å². The third-order valence-electron chi connectivity index (χ3n) is 1.82. The fourth-order valence-electron chi connectivity index (χ4n) is 1.10. The van der Waals surface area contributed by atoms with E-state index in [0.29, 0.717) is 17.1 Å². The summed E-state index contributed by atoms with van der Waals surface area (Å²) in [7, 11) is 0. The molecule has 4 nitrogen and oxygen atoms in total. The van der Waals surface area contributed by atoms with Gasteiger partial charge in [-0.05, 0) is 6.07 Å². The zero-order valence-electron chi connectivity index (χ0n) is 8.94. The lowest BCUT2D eigenvalue weighted by Gasteiger charge is -2.07. The van der Waals surface area contributed by atoms with Crippen molar-refractivity contribution in [1.82, 2.24) is 4.98 Å². The van der Waals surface area contributed by atoms with E-state index in [-0.39, 0.29) is 0 Å². The van der Waals surface area contributed by atoms with Gasteiger partial charge in [0.05, 0.1) is 11.3 Å². The van der Waals surface area contributed by atoms with Crippen molar-refractivity contribution in [3.63, 3.8) is 0 Å². The molecule has 84 valence electrons. The topological polar surface area (TPSA) is 74.7 Å². The molecule has 0 spiro atoms. The lowest BCUT2D eigenvalue weighted by molar-refractivity contribution is 1.17. The largest absolute Gasteiger partial charge is 0.396 e. The molecular formula is C11H14N4S. The first kappa shape index (κ1) is 12.4. The molecule has 1 rings (SSSR count). The number of aromatic nitrogens is 1. The second kappa shape index (κ2) is 6.75. The molecule has 1 heterocycles. The molecule has 1 aromatic rings. The molecule has 0 aliphatic carbocycles. The minimum atomic E-state index is 0.476. The van der Waals surface area contributed by atoms with Crippen LogP contribution in [0.25, 0.3) is 0 Å². The standard InChI is InChI=1S/C11H14N4S/c1-2-4-16-5-3-14-11-10(13)6-9(7-12)8-15-11/h2,6,8H,1,3-5,13H2,(H,14,15). The van der Waals surface area contributed by atoms with Gasteiger partial charge in [0.1, 0.15) is 11.9 Å². The Bertz CT molecular complexity index is 397. The number of hydrogen-bond acceptors (Lipinski definition) is 5. The number of anilines is 2. The number of nitriles is 1. The highest BCUT2D eigenvalue weighted by Crippen LogP contribution is 2.15. The van der Waals surface area contributed by atoms with Gasteiger partial charge in [0.25, 0.3) is 0 Å². The zero-order valence-corrected chi connectivity index (χ0v) is 9.76. The van der Waals surface area contributed by atoms with E-state index in [1.807, 2.05) is 12.1 Å². The molecule has 0 aliphatic rings. The Morgan fingerprint density at radius 3 is 3.12 bits per heavy atom. The van der Waals surface area contributed by atoms with Gasteiger partial charge in [0, 0.05) is 24.2 Å². The van der Waals surface area contributed by atoms with Crippen LogP contribution in [0.3, 0.4) is 0 Å². The minimum Gasteiger partial charge on any atom is -0.396 e. The van der Waals surface area contributed by atoms with Crippen molar-refractivity contribution < 1.29 is 0 Å². The third-order valence-corrected chi connectivity index (χ3v) is 2.79. The summed E-state index contributed by atoms with van der Waals surface area (Å²) in [4.78, 5) is 4.08. The number of rotatable bonds is 6. The fraction of sp³-hybridized carbons (Fsp3) is 0.273. The number of pyridine rings is 1. The summed E-state index contributed by atoms with van der Waals surface area (Å²) in [6.07, 6.45) is 3.38. The summed E-state index contributed by atoms with van der Waals surface area (Å²) >= 11 is 1.78. The molecule has 0 amide bonds. The average Bonchev–Trinajstić information content (AvgIpc) is 2.30. The molecule has 0 fully saturated rings. The van der Waals surface area contributed by atoms with Crippen LogP contribution in [0.2, 0.25) is 0 Å². The first-order chi connectivity index (χ1) is 7.77. The van der Waals surface area contributed by atoms with E-state index in [1.54, 1.807) is 17.8 Å². The molecule has 0 aliphatic heterocycles. The van der Waals surface area contributed by atoms with Crippen LogP contribution in [0.4, 0.5) is 11.5 Å². The summed E-state index contributed by atoms with van der Waals surface area (Å²) in [5.74, 6) is 2.55. The van der Waals surface area contributed by atoms with Crippen LogP contribution >= 0.6 is 11.8 Å². The van der Waals surface area contributed by atoms with Crippen molar-refractivity contribution in [3.05, 3.63) is 30.5 Å². The van der Waals surface area contributed by atoms with Crippen LogP contribution in [-0.4, -0.2) is 23.0 Å². The lowest BCUT2D eigenvalue weighted by Crippen LogP contribution is -2.08. The van der Waals surface area contributed by atoms with Gasteiger partial charge >= 0.3 is 0 Å². The van der Waals surface area contributed by atoms with Crippen LogP contribution in [0.1, 0.15) is 5.56 Å². The van der Waals surface area contributed by atoms with Crippen LogP contribution < -0.4 is 11.1 Å². The van der Waals surface area contributed by atoms with Gasteiger partial charge in [-0.25, -0.2) is 4.98 Å². The Hall–Kier alpha value is -1.67. The molecule has 16 heavy (non-hydrogen) atoms. The smallest absolute Gasteiger partial charge is 0.149 e. The molecule has 5 heteroatoms. The minimum absolute atomic E-state index is 0.476. The van der Waals surface area contributed by atoms with Crippen LogP contribution in [0, 0.1) is 11.3 Å². The number of nitrogen functional groups attached to an aromatic ring is 1. The number of nitrogens with zero attached hydrogens (tertiary/aromatic N) is 2. The van der Waals surface area contributed by atoms with Crippen molar-refractivity contribution in [2.24, 2.45) is 0 Å². The van der Waals surface area contributed by atoms with E-state index in [1.165, 1.54) is 6.20 Å². The Morgan fingerprint density at radius 2 is 2.50 bits per heavy atom. The molecule has 0 atom stereocenters. The first-order valence-electron chi connectivity index (χ1n) is 4.86. The molecule has 3 N–H and O–H groups in total. The predicted molar refractivity (Wildman–Crippen MR) is 69.4 cm³/mol. The summed E-state index contributed by atoms with van der Waals surface area (Å²) in [6, 6.07) is 3.61. The second-order valence-corrected chi connectivity index (χ2v) is 4.21. The van der Waals surface area contributed by atoms with Crippen molar-refractivity contribution in [2.75, 3.05) is 29.1 Å². The molecule has 1 aromatic heterocycles. The van der Waals surface area contributed by atoms with Gasteiger partial charge in [-0.1, -0.05) is 6.08 Å². The highest BCUT2D eigenvalue weighted by molar-refractivity contribution is 7.99. The van der Waals surface area contributed by atoms with Gasteiger partial charge in [0.15, 0.2) is 0 Å². The lowest BCUT2D eigenvalue weighted by atomic mass is 10.3. The van der Waals surface area contributed by atoms with Gasteiger partial charge in [0.2, 0.25) is 0 Å². The summed E-state index contributed by atoms with van der Waals surface area (Å²) < 4.78 is 0. The quantitative estimate of drug-likeness (QED) is 0.580. The summed E-state index contributed by atoms with van der Waals surface area (Å²) in [5.41, 5.74) is 6.72. The first-order valence-corrected chi connectivity index (χ1v) is 6.01. The van der Waals surface area contributed by atoms with Crippen molar-refractivity contribution >= 4 is 23.3 Å². The maximum absolute atomic E-state index is 8.65. The van der Waals surface area contributed by atoms with E-state index in [0.717, 1.165) is 18.1 Å². The monoisotopic (exact) mass is 234 g/mol. The van der Waals surface area contributed by atoms with Crippen molar-refractivity contribution in [2.45, 2.75) is 0 Å². The van der Waals surface area contributed by atoms with Crippen molar-refractivity contribution in [1.29, 1.82) is 5.26 Å². The SMILES string of the molecule is C=CCSCCNc1ncc(C#N)cc1N. The van der Waals surface area contributed by atoms with E-state index in [9.17, 15) is 0 Å². The number of nitrogens with two attached hydrogens (primary N) is 1. The third kappa shape index (κ3) is 3.83. The van der Waals surface area contributed by atoms with Crippen LogP contribution in [0.5, 0.6) is 0 Å².